The summed E-state index contributed by atoms with van der Waals surface area (Å²) in [6.45, 7) is 5.91. The number of hydrogen-bond acceptors (Lipinski definition) is 3. The molecule has 2 heterocycles. The Hall–Kier alpha value is -1.76. The van der Waals surface area contributed by atoms with Crippen LogP contribution in [-0.4, -0.2) is 33.8 Å². The maximum atomic E-state index is 12.4. The number of aromatic nitrogens is 2. The average Bonchev–Trinajstić information content (AvgIpc) is 3.13. The predicted octanol–water partition coefficient (Wildman–Crippen LogP) is 2.81. The minimum atomic E-state index is -0.255. The number of alkyl halides is 1. The van der Waals surface area contributed by atoms with Gasteiger partial charge in [0.1, 0.15) is 0 Å². The number of anilines is 2. The minimum absolute atomic E-state index is 0.0716. The standard InChI is InChI=1S/C16H21BrN4O2/c1-9(2)14(17)15(22)18-12-7-10-11(20-16(23)19-10)8-13(12)21-5-3-4-6-21/h7-9,14H,3-6H2,1-2H3,(H,18,22)(H2,19,20,23)/t14-/m1/s1. The van der Waals surface area contributed by atoms with Crippen molar-refractivity contribution in [3.05, 3.63) is 22.6 Å². The Balaban J connectivity index is 2.00. The lowest BCUT2D eigenvalue weighted by molar-refractivity contribution is -0.116. The highest BCUT2D eigenvalue weighted by Gasteiger charge is 2.22. The largest absolute Gasteiger partial charge is 0.370 e. The van der Waals surface area contributed by atoms with Gasteiger partial charge in [0, 0.05) is 13.1 Å². The van der Waals surface area contributed by atoms with E-state index in [4.69, 9.17) is 0 Å². The SMILES string of the molecule is CC(C)[C@@H](Br)C(=O)Nc1cc2[nH]c(=O)[nH]c2cc1N1CCCC1. The lowest BCUT2D eigenvalue weighted by atomic mass is 10.1. The molecule has 0 radical (unpaired) electrons. The van der Waals surface area contributed by atoms with E-state index in [9.17, 15) is 9.59 Å². The van der Waals surface area contributed by atoms with Crippen LogP contribution in [0.2, 0.25) is 0 Å². The number of carbonyl (C=O) groups is 1. The van der Waals surface area contributed by atoms with E-state index in [0.717, 1.165) is 42.8 Å². The molecule has 23 heavy (non-hydrogen) atoms. The summed E-state index contributed by atoms with van der Waals surface area (Å²) in [6.07, 6.45) is 2.28. The lowest BCUT2D eigenvalue weighted by Gasteiger charge is -2.23. The number of fused-ring (bicyclic) bond motifs is 1. The molecule has 124 valence electrons. The van der Waals surface area contributed by atoms with Crippen LogP contribution in [0.4, 0.5) is 11.4 Å². The number of aromatic amines is 2. The molecular weight excluding hydrogens is 360 g/mol. The zero-order chi connectivity index (χ0) is 16.6. The molecule has 7 heteroatoms. The molecule has 0 spiro atoms. The molecule has 1 atom stereocenters. The van der Waals surface area contributed by atoms with E-state index in [1.54, 1.807) is 0 Å². The van der Waals surface area contributed by atoms with Crippen LogP contribution in [0.3, 0.4) is 0 Å². The van der Waals surface area contributed by atoms with Gasteiger partial charge in [0.2, 0.25) is 5.91 Å². The van der Waals surface area contributed by atoms with E-state index in [1.165, 1.54) is 0 Å². The molecule has 2 aromatic rings. The van der Waals surface area contributed by atoms with Crippen LogP contribution in [0.25, 0.3) is 11.0 Å². The topological polar surface area (TPSA) is 81.0 Å². The molecule has 0 unspecified atom stereocenters. The van der Waals surface area contributed by atoms with E-state index in [-0.39, 0.29) is 22.3 Å². The van der Waals surface area contributed by atoms with Gasteiger partial charge < -0.3 is 20.2 Å². The first-order valence-electron chi connectivity index (χ1n) is 7.91. The van der Waals surface area contributed by atoms with Crippen molar-refractivity contribution in [2.24, 2.45) is 5.92 Å². The van der Waals surface area contributed by atoms with Gasteiger partial charge >= 0.3 is 5.69 Å². The van der Waals surface area contributed by atoms with E-state index >= 15 is 0 Å². The van der Waals surface area contributed by atoms with Crippen LogP contribution < -0.4 is 15.9 Å². The molecule has 0 bridgehead atoms. The summed E-state index contributed by atoms with van der Waals surface area (Å²) < 4.78 is 0. The van der Waals surface area contributed by atoms with Gasteiger partial charge in [0.05, 0.1) is 27.2 Å². The predicted molar refractivity (Wildman–Crippen MR) is 96.5 cm³/mol. The molecule has 1 fully saturated rings. The molecule has 0 aliphatic carbocycles. The first-order chi connectivity index (χ1) is 11.0. The van der Waals surface area contributed by atoms with Gasteiger partial charge in [0.15, 0.2) is 0 Å². The van der Waals surface area contributed by atoms with Crippen molar-refractivity contribution in [2.75, 3.05) is 23.3 Å². The second kappa shape index (κ2) is 6.39. The van der Waals surface area contributed by atoms with Crippen molar-refractivity contribution in [3.63, 3.8) is 0 Å². The summed E-state index contributed by atoms with van der Waals surface area (Å²) in [5.41, 5.74) is 2.92. The second-order valence-corrected chi connectivity index (χ2v) is 7.31. The third kappa shape index (κ3) is 3.29. The van der Waals surface area contributed by atoms with Gasteiger partial charge in [-0.25, -0.2) is 4.79 Å². The van der Waals surface area contributed by atoms with Gasteiger partial charge in [-0.05, 0) is 30.9 Å². The minimum Gasteiger partial charge on any atom is -0.370 e. The highest BCUT2D eigenvalue weighted by atomic mass is 79.9. The Kier molecular flexibility index (Phi) is 4.48. The number of benzene rings is 1. The van der Waals surface area contributed by atoms with Gasteiger partial charge in [-0.2, -0.15) is 0 Å². The Morgan fingerprint density at radius 2 is 1.83 bits per heavy atom. The monoisotopic (exact) mass is 380 g/mol. The molecule has 1 saturated heterocycles. The summed E-state index contributed by atoms with van der Waals surface area (Å²) in [5, 5.41) is 3.01. The van der Waals surface area contributed by atoms with Gasteiger partial charge in [-0.1, -0.05) is 29.8 Å². The lowest BCUT2D eigenvalue weighted by Crippen LogP contribution is -2.28. The van der Waals surface area contributed by atoms with E-state index in [0.29, 0.717) is 5.52 Å². The van der Waals surface area contributed by atoms with E-state index in [2.05, 4.69) is 36.1 Å². The maximum Gasteiger partial charge on any atom is 0.323 e. The van der Waals surface area contributed by atoms with Crippen LogP contribution in [0.1, 0.15) is 26.7 Å². The molecule has 3 rings (SSSR count). The molecule has 0 saturated carbocycles. The van der Waals surface area contributed by atoms with Crippen LogP contribution in [0, 0.1) is 5.92 Å². The van der Waals surface area contributed by atoms with Crippen LogP contribution in [-0.2, 0) is 4.79 Å². The number of nitrogens with one attached hydrogen (secondary N) is 3. The van der Waals surface area contributed by atoms with Crippen molar-refractivity contribution in [2.45, 2.75) is 31.5 Å². The summed E-state index contributed by atoms with van der Waals surface area (Å²) in [5.74, 6) is 0.124. The summed E-state index contributed by atoms with van der Waals surface area (Å²) >= 11 is 3.44. The quantitative estimate of drug-likeness (QED) is 0.713. The fraction of sp³-hybridized carbons (Fsp3) is 0.500. The van der Waals surface area contributed by atoms with Gasteiger partial charge in [0.25, 0.3) is 0 Å². The molecule has 1 aromatic carbocycles. The Labute approximate surface area is 142 Å². The fourth-order valence-corrected chi connectivity index (χ4v) is 3.01. The number of hydrogen-bond donors (Lipinski definition) is 3. The van der Waals surface area contributed by atoms with E-state index < -0.39 is 0 Å². The molecule has 1 aliphatic heterocycles. The number of imidazole rings is 1. The zero-order valence-electron chi connectivity index (χ0n) is 13.3. The van der Waals surface area contributed by atoms with Crippen LogP contribution >= 0.6 is 15.9 Å². The zero-order valence-corrected chi connectivity index (χ0v) is 14.9. The third-order valence-corrected chi connectivity index (χ3v) is 5.65. The van der Waals surface area contributed by atoms with E-state index in [1.807, 2.05) is 26.0 Å². The number of amides is 1. The molecule has 1 aliphatic rings. The smallest absolute Gasteiger partial charge is 0.323 e. The Morgan fingerprint density at radius 3 is 2.43 bits per heavy atom. The van der Waals surface area contributed by atoms with Crippen molar-refractivity contribution in [3.8, 4) is 0 Å². The van der Waals surface area contributed by atoms with Crippen LogP contribution in [0.5, 0.6) is 0 Å². The van der Waals surface area contributed by atoms with Crippen LogP contribution in [0.15, 0.2) is 16.9 Å². The number of carbonyl (C=O) groups excluding carboxylic acids is 1. The van der Waals surface area contributed by atoms with Crippen molar-refractivity contribution < 1.29 is 4.79 Å². The molecule has 1 aromatic heterocycles. The molecule has 1 amide bonds. The first-order valence-corrected chi connectivity index (χ1v) is 8.83. The summed E-state index contributed by atoms with van der Waals surface area (Å²) in [6, 6.07) is 3.77. The van der Waals surface area contributed by atoms with Crippen molar-refractivity contribution in [1.29, 1.82) is 0 Å². The number of halogens is 1. The highest BCUT2D eigenvalue weighted by Crippen LogP contribution is 2.32. The van der Waals surface area contributed by atoms with Gasteiger partial charge in [-0.3, -0.25) is 4.79 Å². The average molecular weight is 381 g/mol. The summed E-state index contributed by atoms with van der Waals surface area (Å²) in [4.78, 5) is 31.5. The second-order valence-electron chi connectivity index (χ2n) is 6.32. The molecular formula is C16H21BrN4O2. The fourth-order valence-electron chi connectivity index (χ4n) is 2.90. The Bertz CT molecular complexity index is 774. The van der Waals surface area contributed by atoms with Gasteiger partial charge in [-0.15, -0.1) is 0 Å². The normalized spacial score (nSPS) is 16.3. The maximum absolute atomic E-state index is 12.4. The van der Waals surface area contributed by atoms with Crippen molar-refractivity contribution in [1.82, 2.24) is 9.97 Å². The number of rotatable bonds is 4. The summed E-state index contributed by atoms with van der Waals surface area (Å²) in [7, 11) is 0. The molecule has 3 N–H and O–H groups in total. The first kappa shape index (κ1) is 16.1. The molecule has 6 nitrogen and oxygen atoms in total. The highest BCUT2D eigenvalue weighted by molar-refractivity contribution is 9.10. The number of H-pyrrole nitrogens is 2. The Morgan fingerprint density at radius 1 is 1.22 bits per heavy atom. The third-order valence-electron chi connectivity index (χ3n) is 4.17. The number of nitrogens with zero attached hydrogens (tertiary/aromatic N) is 1. The van der Waals surface area contributed by atoms with Crippen molar-refractivity contribution >= 4 is 44.2 Å².